The molecule has 37 heavy (non-hydrogen) atoms. The maximum atomic E-state index is 15.7. The minimum Gasteiger partial charge on any atom is -0.476 e. The number of aliphatic hydroxyl groups is 4. The minimum atomic E-state index is -3.19. The van der Waals surface area contributed by atoms with Gasteiger partial charge in [0.25, 0.3) is 0 Å². The highest BCUT2D eigenvalue weighted by Gasteiger charge is 2.64. The monoisotopic (exact) mass is 520 g/mol. The Balaban J connectivity index is 2.00. The lowest BCUT2D eigenvalue weighted by molar-refractivity contribution is -0.319. The van der Waals surface area contributed by atoms with Gasteiger partial charge in [-0.1, -0.05) is 6.58 Å². The van der Waals surface area contributed by atoms with Crippen molar-refractivity contribution in [2.45, 2.75) is 62.6 Å². The molecule has 0 spiro atoms. The molecule has 3 rings (SSSR count). The van der Waals surface area contributed by atoms with Crippen molar-refractivity contribution in [3.8, 4) is 23.8 Å². The standard InChI is InChI=1S/C26H29FO10/c1-4-5-6-15(29)10-18-21(31)24(27)26(25(33)34,37-23(18)22(32)19(30)12-28)36-16-7-8-17-13(2)9-14(3)35-20(17)11-16/h1,7-9,11,18-19,21-24,28,30-32H,3,5-6,10,12H2,2H3,(H,33,34)/t18-,19+,21+,22+,23?,24?,26-/m1/s1. The van der Waals surface area contributed by atoms with E-state index in [1.165, 1.54) is 12.1 Å². The Kier molecular flexibility index (Phi) is 8.73. The van der Waals surface area contributed by atoms with Gasteiger partial charge in [-0.2, -0.15) is 0 Å². The predicted octanol–water partition coefficient (Wildman–Crippen LogP) is 0.956. The van der Waals surface area contributed by atoms with Gasteiger partial charge in [0.15, 0.2) is 0 Å². The molecule has 0 radical (unpaired) electrons. The summed E-state index contributed by atoms with van der Waals surface area (Å²) in [4.78, 5) is 24.7. The van der Waals surface area contributed by atoms with Gasteiger partial charge < -0.3 is 39.7 Å². The lowest BCUT2D eigenvalue weighted by Gasteiger charge is -2.48. The number of terminal acetylenes is 1. The van der Waals surface area contributed by atoms with Crippen LogP contribution in [0.3, 0.4) is 0 Å². The summed E-state index contributed by atoms with van der Waals surface area (Å²) in [6.45, 7) is 4.55. The molecule has 2 unspecified atom stereocenters. The summed E-state index contributed by atoms with van der Waals surface area (Å²) in [7, 11) is 0. The van der Waals surface area contributed by atoms with Gasteiger partial charge in [0.1, 0.15) is 35.2 Å². The predicted molar refractivity (Wildman–Crippen MR) is 127 cm³/mol. The summed E-state index contributed by atoms with van der Waals surface area (Å²) in [5.41, 5.74) is 1.45. The van der Waals surface area contributed by atoms with E-state index in [9.17, 15) is 35.1 Å². The lowest BCUT2D eigenvalue weighted by Crippen LogP contribution is -2.69. The molecule has 2 aliphatic heterocycles. The first-order valence-electron chi connectivity index (χ1n) is 11.5. The Hall–Kier alpha value is -3.27. The van der Waals surface area contributed by atoms with Crippen LogP contribution < -0.4 is 9.47 Å². The molecule has 0 aromatic heterocycles. The number of carboxylic acids is 1. The number of alkyl halides is 1. The minimum absolute atomic E-state index is 0.0672. The molecule has 1 fully saturated rings. The summed E-state index contributed by atoms with van der Waals surface area (Å²) >= 11 is 0. The Morgan fingerprint density at radius 3 is 2.68 bits per heavy atom. The first kappa shape index (κ1) is 28.3. The molecular weight excluding hydrogens is 491 g/mol. The van der Waals surface area contributed by atoms with Gasteiger partial charge in [-0.25, -0.2) is 9.18 Å². The number of aliphatic carboxylic acids is 1. The average molecular weight is 521 g/mol. The zero-order chi connectivity index (χ0) is 27.5. The number of carbonyl (C=O) groups is 2. The van der Waals surface area contributed by atoms with E-state index in [2.05, 4.69) is 12.5 Å². The van der Waals surface area contributed by atoms with Gasteiger partial charge in [-0.05, 0) is 30.7 Å². The van der Waals surface area contributed by atoms with E-state index in [1.54, 1.807) is 19.1 Å². The molecule has 0 aliphatic carbocycles. The van der Waals surface area contributed by atoms with Crippen molar-refractivity contribution in [3.05, 3.63) is 42.2 Å². The molecule has 11 heteroatoms. The summed E-state index contributed by atoms with van der Waals surface area (Å²) < 4.78 is 32.2. The molecule has 1 saturated heterocycles. The summed E-state index contributed by atoms with van der Waals surface area (Å²) in [5.74, 6) is -4.55. The quantitative estimate of drug-likeness (QED) is 0.281. The molecule has 7 atom stereocenters. The van der Waals surface area contributed by atoms with Gasteiger partial charge in [0, 0.05) is 36.8 Å². The van der Waals surface area contributed by atoms with E-state index in [4.69, 9.17) is 20.6 Å². The zero-order valence-electron chi connectivity index (χ0n) is 20.0. The molecule has 2 aliphatic rings. The lowest BCUT2D eigenvalue weighted by atomic mass is 9.79. The highest BCUT2D eigenvalue weighted by molar-refractivity contribution is 5.80. The highest BCUT2D eigenvalue weighted by Crippen LogP contribution is 2.42. The normalized spacial score (nSPS) is 28.7. The van der Waals surface area contributed by atoms with E-state index in [-0.39, 0.29) is 24.3 Å². The Bertz CT molecular complexity index is 1120. The number of hydrogen-bond donors (Lipinski definition) is 5. The summed E-state index contributed by atoms with van der Waals surface area (Å²) in [6, 6.07) is 4.16. The van der Waals surface area contributed by atoms with Gasteiger partial charge in [0.2, 0.25) is 6.17 Å². The van der Waals surface area contributed by atoms with Crippen molar-refractivity contribution in [2.24, 2.45) is 5.92 Å². The molecule has 0 bridgehead atoms. The van der Waals surface area contributed by atoms with Crippen LogP contribution in [0.15, 0.2) is 36.6 Å². The van der Waals surface area contributed by atoms with Crippen molar-refractivity contribution in [2.75, 3.05) is 6.61 Å². The number of carbonyl (C=O) groups excluding carboxylic acids is 1. The third kappa shape index (κ3) is 5.69. The first-order chi connectivity index (χ1) is 17.4. The fourth-order valence-corrected chi connectivity index (χ4v) is 4.39. The SMILES string of the molecule is C#CCCC(=O)C[C@H]1C([C@@H](O)[C@@H](O)CO)O[C@@](Oc2ccc3c(c2)OC(=C)C=C3C)(C(=O)O)C(F)[C@H]1O. The molecule has 0 saturated carbocycles. The van der Waals surface area contributed by atoms with Crippen LogP contribution >= 0.6 is 0 Å². The number of rotatable bonds is 10. The van der Waals surface area contributed by atoms with E-state index < -0.39 is 67.1 Å². The van der Waals surface area contributed by atoms with Crippen LogP contribution in [0.25, 0.3) is 5.57 Å². The number of Topliss-reactive ketones (excluding diaryl/α,β-unsaturated/α-hetero) is 1. The van der Waals surface area contributed by atoms with E-state index >= 15 is 4.39 Å². The largest absolute Gasteiger partial charge is 0.476 e. The smallest absolute Gasteiger partial charge is 0.380 e. The molecule has 200 valence electrons. The number of ether oxygens (including phenoxy) is 3. The highest BCUT2D eigenvalue weighted by atomic mass is 19.1. The number of halogens is 1. The van der Waals surface area contributed by atoms with Crippen LogP contribution in [0.1, 0.15) is 31.7 Å². The molecular formula is C26H29FO10. The molecule has 10 nitrogen and oxygen atoms in total. The number of ketones is 1. The van der Waals surface area contributed by atoms with Crippen molar-refractivity contribution in [1.82, 2.24) is 0 Å². The zero-order valence-corrected chi connectivity index (χ0v) is 20.0. The van der Waals surface area contributed by atoms with Crippen LogP contribution in [-0.4, -0.2) is 80.3 Å². The molecule has 5 N–H and O–H groups in total. The molecule has 0 amide bonds. The molecule has 2 heterocycles. The first-order valence-corrected chi connectivity index (χ1v) is 11.5. The second-order valence-corrected chi connectivity index (χ2v) is 8.95. The number of allylic oxidation sites excluding steroid dienone is 2. The number of fused-ring (bicyclic) bond motifs is 1. The molecule has 1 aromatic carbocycles. The van der Waals surface area contributed by atoms with Crippen LogP contribution in [-0.2, 0) is 14.3 Å². The fourth-order valence-electron chi connectivity index (χ4n) is 4.39. The number of carboxylic acid groups (broad SMARTS) is 1. The Morgan fingerprint density at radius 2 is 2.05 bits per heavy atom. The number of benzene rings is 1. The van der Waals surface area contributed by atoms with Crippen LogP contribution in [0.4, 0.5) is 4.39 Å². The van der Waals surface area contributed by atoms with Gasteiger partial charge in [-0.15, -0.1) is 12.3 Å². The topological polar surface area (TPSA) is 163 Å². The number of aliphatic hydroxyl groups excluding tert-OH is 4. The van der Waals surface area contributed by atoms with Gasteiger partial charge in [0.05, 0.1) is 18.8 Å². The third-order valence-electron chi connectivity index (χ3n) is 6.33. The maximum absolute atomic E-state index is 15.7. The second kappa shape index (κ2) is 11.4. The van der Waals surface area contributed by atoms with Crippen molar-refractivity contribution >= 4 is 17.3 Å². The molecule has 1 aromatic rings. The number of hydrogen-bond acceptors (Lipinski definition) is 9. The summed E-state index contributed by atoms with van der Waals surface area (Å²) in [5, 5.41) is 50.8. The van der Waals surface area contributed by atoms with Crippen molar-refractivity contribution in [3.63, 3.8) is 0 Å². The van der Waals surface area contributed by atoms with Crippen molar-refractivity contribution < 1.29 is 53.7 Å². The van der Waals surface area contributed by atoms with E-state index in [0.717, 1.165) is 5.57 Å². The Morgan fingerprint density at radius 1 is 1.35 bits per heavy atom. The average Bonchev–Trinajstić information content (AvgIpc) is 2.85. The van der Waals surface area contributed by atoms with Crippen LogP contribution in [0.2, 0.25) is 0 Å². The van der Waals surface area contributed by atoms with E-state index in [0.29, 0.717) is 11.3 Å². The second-order valence-electron chi connectivity index (χ2n) is 8.95. The van der Waals surface area contributed by atoms with Gasteiger partial charge >= 0.3 is 11.8 Å². The maximum Gasteiger partial charge on any atom is 0.380 e. The van der Waals surface area contributed by atoms with Crippen LogP contribution in [0, 0.1) is 18.3 Å². The van der Waals surface area contributed by atoms with Gasteiger partial charge in [-0.3, -0.25) is 4.79 Å². The van der Waals surface area contributed by atoms with Crippen molar-refractivity contribution in [1.29, 1.82) is 0 Å². The summed E-state index contributed by atoms with van der Waals surface area (Å²) in [6.07, 6.45) is -4.36. The Labute approximate surface area is 212 Å². The fraction of sp³-hybridized carbons (Fsp3) is 0.462. The van der Waals surface area contributed by atoms with Crippen LogP contribution in [0.5, 0.6) is 11.5 Å². The third-order valence-corrected chi connectivity index (χ3v) is 6.33. The van der Waals surface area contributed by atoms with E-state index in [1.807, 2.05) is 0 Å².